The van der Waals surface area contributed by atoms with Gasteiger partial charge in [0.1, 0.15) is 11.4 Å². The molecule has 9 heteroatoms. The highest BCUT2D eigenvalue weighted by molar-refractivity contribution is 6.30. The Morgan fingerprint density at radius 2 is 1.71 bits per heavy atom. The van der Waals surface area contributed by atoms with Crippen molar-refractivity contribution in [1.29, 1.82) is 0 Å². The molecule has 2 atom stereocenters. The van der Waals surface area contributed by atoms with Gasteiger partial charge in [-0.05, 0) is 60.9 Å². The molecule has 3 aromatic rings. The van der Waals surface area contributed by atoms with Crippen LogP contribution in [-0.4, -0.2) is 41.1 Å². The van der Waals surface area contributed by atoms with Crippen LogP contribution in [0.1, 0.15) is 18.0 Å². The molecule has 0 radical (unpaired) electrons. The maximum Gasteiger partial charge on any atom is 0.323 e. The molecule has 2 aromatic carbocycles. The number of halogens is 1. The fraction of sp³-hybridized carbons (Fsp3) is 0.269. The summed E-state index contributed by atoms with van der Waals surface area (Å²) in [6.45, 7) is 1.61. The molecule has 2 bridgehead atoms. The Kier molecular flexibility index (Phi) is 6.46. The number of hydrogen-bond acceptors (Lipinski definition) is 4. The highest BCUT2D eigenvalue weighted by atomic mass is 35.5. The zero-order valence-electron chi connectivity index (χ0n) is 18.9. The molecule has 3 amide bonds. The van der Waals surface area contributed by atoms with Crippen LogP contribution in [0.3, 0.4) is 0 Å². The second-order valence-electron chi connectivity index (χ2n) is 8.87. The number of anilines is 2. The largest absolute Gasteiger partial charge is 0.484 e. The van der Waals surface area contributed by atoms with Gasteiger partial charge in [0.15, 0.2) is 6.61 Å². The second-order valence-corrected chi connectivity index (χ2v) is 9.31. The van der Waals surface area contributed by atoms with Crippen molar-refractivity contribution in [2.75, 3.05) is 30.3 Å². The Hall–Kier alpha value is -3.78. The van der Waals surface area contributed by atoms with Crippen molar-refractivity contribution in [2.45, 2.75) is 18.9 Å². The van der Waals surface area contributed by atoms with Gasteiger partial charge in [-0.2, -0.15) is 0 Å². The zero-order valence-corrected chi connectivity index (χ0v) is 19.7. The molecule has 3 heterocycles. The number of nitrogens with one attached hydrogen (secondary N) is 2. The maximum atomic E-state index is 13.2. The predicted molar refractivity (Wildman–Crippen MR) is 134 cm³/mol. The maximum absolute atomic E-state index is 13.2. The number of likely N-dealkylation sites (tertiary alicyclic amines) is 1. The van der Waals surface area contributed by atoms with Crippen molar-refractivity contribution in [1.82, 2.24) is 9.47 Å². The lowest BCUT2D eigenvalue weighted by Gasteiger charge is -2.42. The lowest BCUT2D eigenvalue weighted by Crippen LogP contribution is -2.50. The standard InChI is InChI=1S/C26H25ClN4O4/c27-19-6-8-20(9-7-19)28-26(34)29-22-10-11-23-18-12-17(14-31(23)25(22)33)13-30(15-18)24(32)16-35-21-4-2-1-3-5-21/h1-11,17-18H,12-16H2,(H2,28,29,34). The molecule has 0 spiro atoms. The van der Waals surface area contributed by atoms with Gasteiger partial charge in [0, 0.05) is 42.0 Å². The molecule has 5 rings (SSSR count). The monoisotopic (exact) mass is 492 g/mol. The van der Waals surface area contributed by atoms with Gasteiger partial charge in [0.25, 0.3) is 11.5 Å². The van der Waals surface area contributed by atoms with E-state index in [1.54, 1.807) is 34.9 Å². The molecular formula is C26H25ClN4O4. The molecule has 8 nitrogen and oxygen atoms in total. The topological polar surface area (TPSA) is 92.7 Å². The van der Waals surface area contributed by atoms with E-state index in [0.717, 1.165) is 12.1 Å². The summed E-state index contributed by atoms with van der Waals surface area (Å²) >= 11 is 5.87. The normalized spacial score (nSPS) is 18.4. The minimum Gasteiger partial charge on any atom is -0.484 e. The Morgan fingerprint density at radius 3 is 2.49 bits per heavy atom. The van der Waals surface area contributed by atoms with E-state index >= 15 is 0 Å². The average Bonchev–Trinajstić information content (AvgIpc) is 2.86. The first-order valence-electron chi connectivity index (χ1n) is 11.5. The third kappa shape index (κ3) is 5.17. The Labute approximate surface area is 207 Å². The molecule has 35 heavy (non-hydrogen) atoms. The van der Waals surface area contributed by atoms with Crippen LogP contribution in [-0.2, 0) is 11.3 Å². The van der Waals surface area contributed by atoms with Crippen LogP contribution in [0.15, 0.2) is 71.5 Å². The number of amides is 3. The summed E-state index contributed by atoms with van der Waals surface area (Å²) in [7, 11) is 0. The SMILES string of the molecule is O=C(Nc1ccc(Cl)cc1)Nc1ccc2n(c1=O)CC1CC2CN(C(=O)COc2ccccc2)C1. The molecule has 1 saturated heterocycles. The smallest absolute Gasteiger partial charge is 0.323 e. The summed E-state index contributed by atoms with van der Waals surface area (Å²) in [5.41, 5.74) is 1.43. The van der Waals surface area contributed by atoms with Crippen molar-refractivity contribution < 1.29 is 14.3 Å². The van der Waals surface area contributed by atoms with Gasteiger partial charge in [-0.25, -0.2) is 4.79 Å². The first-order valence-corrected chi connectivity index (χ1v) is 11.9. The average molecular weight is 493 g/mol. The van der Waals surface area contributed by atoms with Gasteiger partial charge in [0.05, 0.1) is 0 Å². The molecule has 180 valence electrons. The molecule has 2 aliphatic heterocycles. The highest BCUT2D eigenvalue weighted by Gasteiger charge is 2.36. The number of carbonyl (C=O) groups excluding carboxylic acids is 2. The van der Waals surface area contributed by atoms with Gasteiger partial charge in [-0.15, -0.1) is 0 Å². The van der Waals surface area contributed by atoms with E-state index in [1.165, 1.54) is 0 Å². The quantitative estimate of drug-likeness (QED) is 0.559. The van der Waals surface area contributed by atoms with Crippen LogP contribution in [0, 0.1) is 5.92 Å². The lowest BCUT2D eigenvalue weighted by atomic mass is 9.83. The van der Waals surface area contributed by atoms with E-state index in [2.05, 4.69) is 10.6 Å². The Bertz CT molecular complexity index is 1290. The summed E-state index contributed by atoms with van der Waals surface area (Å²) in [5, 5.41) is 5.91. The first kappa shape index (κ1) is 23.0. The van der Waals surface area contributed by atoms with E-state index in [1.807, 2.05) is 41.3 Å². The summed E-state index contributed by atoms with van der Waals surface area (Å²) in [6.07, 6.45) is 0.923. The summed E-state index contributed by atoms with van der Waals surface area (Å²) in [4.78, 5) is 40.2. The molecular weight excluding hydrogens is 468 g/mol. The molecule has 0 aliphatic carbocycles. The number of hydrogen-bond donors (Lipinski definition) is 2. The number of ether oxygens (including phenoxy) is 1. The third-order valence-electron chi connectivity index (χ3n) is 6.41. The number of aromatic nitrogens is 1. The summed E-state index contributed by atoms with van der Waals surface area (Å²) < 4.78 is 7.37. The summed E-state index contributed by atoms with van der Waals surface area (Å²) in [6, 6.07) is 19.0. The number of carbonyl (C=O) groups is 2. The van der Waals surface area contributed by atoms with Crippen molar-refractivity contribution in [3.8, 4) is 5.75 Å². The zero-order chi connectivity index (χ0) is 24.4. The Morgan fingerprint density at radius 1 is 0.943 bits per heavy atom. The fourth-order valence-electron chi connectivity index (χ4n) is 4.82. The van der Waals surface area contributed by atoms with Crippen LogP contribution < -0.4 is 20.9 Å². The van der Waals surface area contributed by atoms with Gasteiger partial charge < -0.3 is 24.8 Å². The van der Waals surface area contributed by atoms with Crippen molar-refractivity contribution >= 4 is 34.9 Å². The van der Waals surface area contributed by atoms with E-state index in [4.69, 9.17) is 16.3 Å². The highest BCUT2D eigenvalue weighted by Crippen LogP contribution is 2.35. The predicted octanol–water partition coefficient (Wildman–Crippen LogP) is 4.17. The van der Waals surface area contributed by atoms with Crippen molar-refractivity contribution in [3.63, 3.8) is 0 Å². The number of benzene rings is 2. The number of para-hydroxylation sites is 1. The molecule has 2 unspecified atom stereocenters. The minimum atomic E-state index is -0.504. The number of urea groups is 1. The molecule has 0 saturated carbocycles. The third-order valence-corrected chi connectivity index (χ3v) is 6.66. The van der Waals surface area contributed by atoms with Gasteiger partial charge in [-0.3, -0.25) is 9.59 Å². The molecule has 2 N–H and O–H groups in total. The van der Waals surface area contributed by atoms with Crippen LogP contribution in [0.5, 0.6) is 5.75 Å². The number of pyridine rings is 1. The fourth-order valence-corrected chi connectivity index (χ4v) is 4.94. The van der Waals surface area contributed by atoms with Crippen LogP contribution >= 0.6 is 11.6 Å². The van der Waals surface area contributed by atoms with Crippen LogP contribution in [0.2, 0.25) is 5.02 Å². The number of nitrogens with zero attached hydrogens (tertiary/aromatic N) is 2. The first-order chi connectivity index (χ1) is 17.0. The Balaban J connectivity index is 1.25. The van der Waals surface area contributed by atoms with Gasteiger partial charge in [-0.1, -0.05) is 29.8 Å². The van der Waals surface area contributed by atoms with E-state index in [-0.39, 0.29) is 35.6 Å². The van der Waals surface area contributed by atoms with Crippen molar-refractivity contribution in [2.24, 2.45) is 5.92 Å². The van der Waals surface area contributed by atoms with Crippen LogP contribution in [0.25, 0.3) is 0 Å². The van der Waals surface area contributed by atoms with Gasteiger partial charge >= 0.3 is 6.03 Å². The van der Waals surface area contributed by atoms with E-state index < -0.39 is 6.03 Å². The van der Waals surface area contributed by atoms with Gasteiger partial charge in [0.2, 0.25) is 0 Å². The molecule has 1 aromatic heterocycles. The lowest BCUT2D eigenvalue weighted by molar-refractivity contribution is -0.136. The van der Waals surface area contributed by atoms with E-state index in [9.17, 15) is 14.4 Å². The molecule has 1 fully saturated rings. The van der Waals surface area contributed by atoms with E-state index in [0.29, 0.717) is 36.1 Å². The number of piperidine rings is 1. The number of rotatable bonds is 5. The van der Waals surface area contributed by atoms with Crippen molar-refractivity contribution in [3.05, 3.63) is 87.8 Å². The second kappa shape index (κ2) is 9.84. The number of fused-ring (bicyclic) bond motifs is 4. The minimum absolute atomic E-state index is 0.0121. The molecule has 2 aliphatic rings. The summed E-state index contributed by atoms with van der Waals surface area (Å²) in [5.74, 6) is 0.831. The van der Waals surface area contributed by atoms with Crippen LogP contribution in [0.4, 0.5) is 16.2 Å².